The van der Waals surface area contributed by atoms with E-state index in [-0.39, 0.29) is 11.9 Å². The Labute approximate surface area is 209 Å². The fraction of sp³-hybridized carbons (Fsp3) is 0.172. The van der Waals surface area contributed by atoms with Crippen molar-refractivity contribution in [1.29, 1.82) is 0 Å². The van der Waals surface area contributed by atoms with Gasteiger partial charge in [-0.05, 0) is 47.5 Å². The van der Waals surface area contributed by atoms with Crippen molar-refractivity contribution in [3.63, 3.8) is 0 Å². The van der Waals surface area contributed by atoms with Crippen molar-refractivity contribution in [3.8, 4) is 0 Å². The van der Waals surface area contributed by atoms with E-state index in [4.69, 9.17) is 4.74 Å². The average molecular weight is 481 g/mol. The molecule has 1 fully saturated rings. The molecule has 0 aliphatic carbocycles. The maximum atomic E-state index is 13.0. The van der Waals surface area contributed by atoms with E-state index < -0.39 is 12.3 Å². The van der Waals surface area contributed by atoms with Crippen LogP contribution >= 0.6 is 0 Å². The van der Waals surface area contributed by atoms with Crippen LogP contribution in [-0.4, -0.2) is 43.2 Å². The molecule has 2 unspecified atom stereocenters. The van der Waals surface area contributed by atoms with Crippen LogP contribution in [0.25, 0.3) is 17.0 Å². The van der Waals surface area contributed by atoms with E-state index in [0.717, 1.165) is 27.7 Å². The summed E-state index contributed by atoms with van der Waals surface area (Å²) in [5.41, 5.74) is 4.97. The summed E-state index contributed by atoms with van der Waals surface area (Å²) in [4.78, 5) is 31.1. The molecule has 7 heteroatoms. The second-order valence-corrected chi connectivity index (χ2v) is 9.01. The molecule has 1 aromatic heterocycles. The van der Waals surface area contributed by atoms with Gasteiger partial charge in [0.1, 0.15) is 6.04 Å². The minimum Gasteiger partial charge on any atom is -0.439 e. The second kappa shape index (κ2) is 10.1. The number of hydrogen-bond acceptors (Lipinski definition) is 5. The van der Waals surface area contributed by atoms with E-state index >= 15 is 0 Å². The minimum absolute atomic E-state index is 0.273. The molecule has 0 saturated carbocycles. The molecule has 4 aromatic rings. The summed E-state index contributed by atoms with van der Waals surface area (Å²) in [5, 5.41) is 7.30. The highest BCUT2D eigenvalue weighted by molar-refractivity contribution is 5.96. The number of nitrogens with zero attached hydrogens (tertiary/aromatic N) is 1. The van der Waals surface area contributed by atoms with Crippen molar-refractivity contribution >= 4 is 34.5 Å². The first-order valence-electron chi connectivity index (χ1n) is 11.8. The van der Waals surface area contributed by atoms with Crippen LogP contribution in [0.2, 0.25) is 0 Å². The molecule has 2 heterocycles. The third kappa shape index (κ3) is 5.01. The van der Waals surface area contributed by atoms with E-state index in [0.29, 0.717) is 17.7 Å². The molecular weight excluding hydrogens is 452 g/mol. The summed E-state index contributed by atoms with van der Waals surface area (Å²) in [7, 11) is 3.96. The van der Waals surface area contributed by atoms with Crippen LogP contribution in [-0.2, 0) is 16.0 Å². The number of ether oxygens (including phenoxy) is 1. The Balaban J connectivity index is 1.40. The first-order chi connectivity index (χ1) is 17.5. The number of H-pyrrole nitrogens is 1. The number of carbonyl (C=O) groups is 2. The van der Waals surface area contributed by atoms with Gasteiger partial charge >= 0.3 is 5.97 Å². The quantitative estimate of drug-likeness (QED) is 0.347. The number of aromatic amines is 1. The first-order valence-corrected chi connectivity index (χ1v) is 11.8. The molecule has 1 aliphatic rings. The number of benzene rings is 3. The number of para-hydroxylation sites is 1. The van der Waals surface area contributed by atoms with E-state index in [1.54, 1.807) is 12.1 Å². The SMILES string of the molecule is CN(C)c1ccc(/C=C(/NC(=O)c2ccccc2)C2NC(Cc3c[nH]c4ccccc34)C(=O)O2)cc1. The topological polar surface area (TPSA) is 86.5 Å². The largest absolute Gasteiger partial charge is 0.439 e. The van der Waals surface area contributed by atoms with E-state index in [1.807, 2.05) is 98.0 Å². The number of carbonyl (C=O) groups excluding carboxylic acids is 2. The third-order valence-electron chi connectivity index (χ3n) is 6.28. The van der Waals surface area contributed by atoms with Gasteiger partial charge in [0.2, 0.25) is 0 Å². The van der Waals surface area contributed by atoms with E-state index in [2.05, 4.69) is 15.6 Å². The van der Waals surface area contributed by atoms with Gasteiger partial charge in [-0.15, -0.1) is 0 Å². The van der Waals surface area contributed by atoms with Crippen LogP contribution in [0.4, 0.5) is 5.69 Å². The minimum atomic E-state index is -0.783. The van der Waals surface area contributed by atoms with Crippen LogP contribution in [0.5, 0.6) is 0 Å². The van der Waals surface area contributed by atoms with Gasteiger partial charge in [-0.25, -0.2) is 0 Å². The van der Waals surface area contributed by atoms with Crippen molar-refractivity contribution in [2.75, 3.05) is 19.0 Å². The van der Waals surface area contributed by atoms with Gasteiger partial charge in [-0.1, -0.05) is 48.5 Å². The number of nitrogens with one attached hydrogen (secondary N) is 3. The molecule has 5 rings (SSSR count). The van der Waals surface area contributed by atoms with Gasteiger partial charge in [0.25, 0.3) is 5.91 Å². The molecule has 3 N–H and O–H groups in total. The van der Waals surface area contributed by atoms with Gasteiger partial charge in [0, 0.05) is 48.9 Å². The van der Waals surface area contributed by atoms with Gasteiger partial charge in [-0.3, -0.25) is 14.9 Å². The number of anilines is 1. The highest BCUT2D eigenvalue weighted by Gasteiger charge is 2.36. The molecule has 0 radical (unpaired) electrons. The molecule has 36 heavy (non-hydrogen) atoms. The number of esters is 1. The van der Waals surface area contributed by atoms with Crippen LogP contribution in [0.15, 0.2) is 90.8 Å². The summed E-state index contributed by atoms with van der Waals surface area (Å²) >= 11 is 0. The fourth-order valence-electron chi connectivity index (χ4n) is 4.32. The summed E-state index contributed by atoms with van der Waals surface area (Å²) in [5.74, 6) is -0.627. The lowest BCUT2D eigenvalue weighted by molar-refractivity contribution is -0.141. The zero-order chi connectivity index (χ0) is 25.1. The van der Waals surface area contributed by atoms with Crippen LogP contribution in [0.1, 0.15) is 21.5 Å². The number of hydrogen-bond donors (Lipinski definition) is 3. The van der Waals surface area contributed by atoms with Gasteiger partial charge in [0.15, 0.2) is 6.23 Å². The van der Waals surface area contributed by atoms with Crippen LogP contribution in [0.3, 0.4) is 0 Å². The smallest absolute Gasteiger partial charge is 0.325 e. The maximum absolute atomic E-state index is 13.0. The van der Waals surface area contributed by atoms with Crippen molar-refractivity contribution in [3.05, 3.63) is 107 Å². The number of aromatic nitrogens is 1. The lowest BCUT2D eigenvalue weighted by Crippen LogP contribution is -2.39. The number of amides is 1. The molecule has 3 aromatic carbocycles. The normalized spacial score (nSPS) is 17.7. The molecule has 1 amide bonds. The van der Waals surface area contributed by atoms with Gasteiger partial charge in [0.05, 0.1) is 5.70 Å². The lowest BCUT2D eigenvalue weighted by Gasteiger charge is -2.17. The third-order valence-corrected chi connectivity index (χ3v) is 6.28. The van der Waals surface area contributed by atoms with Crippen LogP contribution < -0.4 is 15.5 Å². The lowest BCUT2D eigenvalue weighted by atomic mass is 10.1. The highest BCUT2D eigenvalue weighted by atomic mass is 16.6. The molecule has 1 saturated heterocycles. The summed E-state index contributed by atoms with van der Waals surface area (Å²) < 4.78 is 5.72. The standard InChI is InChI=1S/C29H28N4O3/c1-33(2)22-14-12-19(13-15-22)16-25(31-27(34)20-8-4-3-5-9-20)28-32-26(29(35)36-28)17-21-18-30-24-11-7-6-10-23(21)24/h3-16,18,26,28,30,32H,17H2,1-2H3,(H,31,34)/b25-16+. The van der Waals surface area contributed by atoms with Crippen molar-refractivity contribution < 1.29 is 14.3 Å². The predicted molar refractivity (Wildman–Crippen MR) is 141 cm³/mol. The Kier molecular flexibility index (Phi) is 6.56. The molecule has 182 valence electrons. The highest BCUT2D eigenvalue weighted by Crippen LogP contribution is 2.23. The van der Waals surface area contributed by atoms with Crippen molar-refractivity contribution in [2.45, 2.75) is 18.7 Å². The Morgan fingerprint density at radius 2 is 1.72 bits per heavy atom. The molecule has 2 atom stereocenters. The maximum Gasteiger partial charge on any atom is 0.325 e. The number of fused-ring (bicyclic) bond motifs is 1. The Morgan fingerprint density at radius 3 is 2.47 bits per heavy atom. The van der Waals surface area contributed by atoms with Crippen LogP contribution in [0, 0.1) is 0 Å². The summed E-state index contributed by atoms with van der Waals surface area (Å²) in [6, 6.07) is 24.3. The zero-order valence-corrected chi connectivity index (χ0v) is 20.2. The Bertz CT molecular complexity index is 1410. The molecular formula is C29H28N4O3. The molecule has 0 bridgehead atoms. The Hall–Kier alpha value is -4.36. The van der Waals surface area contributed by atoms with Gasteiger partial charge < -0.3 is 19.9 Å². The monoisotopic (exact) mass is 480 g/mol. The molecule has 1 aliphatic heterocycles. The number of rotatable bonds is 7. The fourth-order valence-corrected chi connectivity index (χ4v) is 4.32. The van der Waals surface area contributed by atoms with Crippen molar-refractivity contribution in [1.82, 2.24) is 15.6 Å². The summed E-state index contributed by atoms with van der Waals surface area (Å²) in [6.45, 7) is 0. The summed E-state index contributed by atoms with van der Waals surface area (Å²) in [6.07, 6.45) is 3.44. The average Bonchev–Trinajstić information content (AvgIpc) is 3.48. The Morgan fingerprint density at radius 1 is 1.00 bits per heavy atom. The van der Waals surface area contributed by atoms with Gasteiger partial charge in [-0.2, -0.15) is 0 Å². The number of cyclic esters (lactones) is 1. The first kappa shape index (κ1) is 23.4. The second-order valence-electron chi connectivity index (χ2n) is 9.01. The predicted octanol–water partition coefficient (Wildman–Crippen LogP) is 4.09. The van der Waals surface area contributed by atoms with E-state index in [1.165, 1.54) is 0 Å². The molecule has 7 nitrogen and oxygen atoms in total. The zero-order valence-electron chi connectivity index (χ0n) is 20.2. The molecule has 0 spiro atoms. The van der Waals surface area contributed by atoms with E-state index in [9.17, 15) is 9.59 Å². The van der Waals surface area contributed by atoms with Crippen molar-refractivity contribution in [2.24, 2.45) is 0 Å².